The second kappa shape index (κ2) is 10.8. The van der Waals surface area contributed by atoms with Gasteiger partial charge in [-0.3, -0.25) is 0 Å². The average molecular weight is 512 g/mol. The van der Waals surface area contributed by atoms with Crippen LogP contribution in [0.2, 0.25) is 5.15 Å². The zero-order chi connectivity index (χ0) is 25.8. The van der Waals surface area contributed by atoms with Gasteiger partial charge in [-0.15, -0.1) is 0 Å². The van der Waals surface area contributed by atoms with Gasteiger partial charge in [0.15, 0.2) is 5.82 Å². The molecule has 0 aliphatic rings. The van der Waals surface area contributed by atoms with Gasteiger partial charge in [-0.2, -0.15) is 9.97 Å². The third-order valence-corrected chi connectivity index (χ3v) is 6.29. The summed E-state index contributed by atoms with van der Waals surface area (Å²) in [5.74, 6) is 3.25. The fourth-order valence-electron chi connectivity index (χ4n) is 4.08. The molecule has 0 amide bonds. The second-order valence-corrected chi connectivity index (χ2v) is 8.94. The molecular weight excluding hydrogens is 486 g/mol. The minimum atomic E-state index is 0.354. The van der Waals surface area contributed by atoms with Crippen LogP contribution in [-0.2, 0) is 13.1 Å². The van der Waals surface area contributed by atoms with Crippen molar-refractivity contribution in [1.82, 2.24) is 19.9 Å². The van der Waals surface area contributed by atoms with Crippen molar-refractivity contribution >= 4 is 28.5 Å². The normalized spacial score (nSPS) is 10.9. The van der Waals surface area contributed by atoms with Gasteiger partial charge in [0.2, 0.25) is 5.95 Å². The first-order valence-electron chi connectivity index (χ1n) is 11.8. The lowest BCUT2D eigenvalue weighted by Gasteiger charge is -2.24. The molecule has 0 aliphatic carbocycles. The molecule has 2 heterocycles. The van der Waals surface area contributed by atoms with E-state index in [1.807, 2.05) is 85.8 Å². The number of ether oxygens (including phenoxy) is 2. The molecule has 7 nitrogen and oxygen atoms in total. The van der Waals surface area contributed by atoms with Crippen LogP contribution in [0.5, 0.6) is 11.5 Å². The Balaban J connectivity index is 1.55. The Morgan fingerprint density at radius 3 is 1.92 bits per heavy atom. The van der Waals surface area contributed by atoms with Crippen molar-refractivity contribution in [3.63, 3.8) is 0 Å². The van der Waals surface area contributed by atoms with E-state index in [2.05, 4.69) is 14.9 Å². The van der Waals surface area contributed by atoms with E-state index in [1.54, 1.807) is 14.2 Å². The largest absolute Gasteiger partial charge is 0.497 e. The first-order valence-corrected chi connectivity index (χ1v) is 12.2. The van der Waals surface area contributed by atoms with E-state index in [9.17, 15) is 0 Å². The topological polar surface area (TPSA) is 73.3 Å². The highest BCUT2D eigenvalue weighted by Gasteiger charge is 2.17. The van der Waals surface area contributed by atoms with E-state index in [0.29, 0.717) is 41.4 Å². The SMILES string of the molecule is COc1ccc(CN(Cc2ccc(OC)cc2)c2nc(C)nc(-c3cc4ccccc4nc3Cl)n2)cc1. The van der Waals surface area contributed by atoms with Crippen LogP contribution in [0.1, 0.15) is 17.0 Å². The fraction of sp³-hybridized carbons (Fsp3) is 0.172. The molecule has 5 rings (SSSR count). The van der Waals surface area contributed by atoms with Crippen LogP contribution in [0, 0.1) is 6.92 Å². The first-order chi connectivity index (χ1) is 18.0. The lowest BCUT2D eigenvalue weighted by Crippen LogP contribution is -2.25. The Bertz CT molecular complexity index is 1480. The molecule has 0 unspecified atom stereocenters. The van der Waals surface area contributed by atoms with Crippen LogP contribution in [-0.4, -0.2) is 34.2 Å². The van der Waals surface area contributed by atoms with Crippen LogP contribution < -0.4 is 14.4 Å². The number of halogens is 1. The molecular formula is C29H26ClN5O2. The monoisotopic (exact) mass is 511 g/mol. The molecule has 186 valence electrons. The van der Waals surface area contributed by atoms with E-state index in [-0.39, 0.29) is 0 Å². The molecule has 5 aromatic rings. The molecule has 37 heavy (non-hydrogen) atoms. The van der Waals surface area contributed by atoms with E-state index in [4.69, 9.17) is 31.0 Å². The second-order valence-electron chi connectivity index (χ2n) is 8.58. The number of hydrogen-bond acceptors (Lipinski definition) is 7. The summed E-state index contributed by atoms with van der Waals surface area (Å²) in [6.07, 6.45) is 0. The van der Waals surface area contributed by atoms with Crippen molar-refractivity contribution in [2.75, 3.05) is 19.1 Å². The summed E-state index contributed by atoms with van der Waals surface area (Å²) < 4.78 is 10.6. The first kappa shape index (κ1) is 24.5. The van der Waals surface area contributed by atoms with Crippen LogP contribution in [0.3, 0.4) is 0 Å². The maximum Gasteiger partial charge on any atom is 0.229 e. The molecule has 0 atom stereocenters. The van der Waals surface area contributed by atoms with Gasteiger partial charge in [0.1, 0.15) is 22.5 Å². The maximum absolute atomic E-state index is 6.59. The lowest BCUT2D eigenvalue weighted by molar-refractivity contribution is 0.414. The Labute approximate surface area is 220 Å². The average Bonchev–Trinajstić information content (AvgIpc) is 2.92. The van der Waals surface area contributed by atoms with Crippen molar-refractivity contribution in [3.05, 3.63) is 101 Å². The molecule has 0 fully saturated rings. The van der Waals surface area contributed by atoms with Crippen LogP contribution in [0.15, 0.2) is 78.9 Å². The highest BCUT2D eigenvalue weighted by atomic mass is 35.5. The summed E-state index contributed by atoms with van der Waals surface area (Å²) in [6.45, 7) is 3.03. The fourth-order valence-corrected chi connectivity index (χ4v) is 4.31. The number of methoxy groups -OCH3 is 2. The van der Waals surface area contributed by atoms with E-state index < -0.39 is 0 Å². The Morgan fingerprint density at radius 2 is 1.32 bits per heavy atom. The van der Waals surface area contributed by atoms with Gasteiger partial charge in [-0.25, -0.2) is 9.97 Å². The zero-order valence-corrected chi connectivity index (χ0v) is 21.6. The third-order valence-electron chi connectivity index (χ3n) is 6.00. The van der Waals surface area contributed by atoms with Crippen molar-refractivity contribution in [2.24, 2.45) is 0 Å². The predicted molar refractivity (Wildman–Crippen MR) is 146 cm³/mol. The minimum absolute atomic E-state index is 0.354. The Kier molecular flexibility index (Phi) is 7.14. The Hall–Kier alpha value is -4.23. The number of anilines is 1. The highest BCUT2D eigenvalue weighted by molar-refractivity contribution is 6.32. The van der Waals surface area contributed by atoms with Crippen molar-refractivity contribution in [1.29, 1.82) is 0 Å². The molecule has 0 bridgehead atoms. The minimum Gasteiger partial charge on any atom is -0.497 e. The number of rotatable bonds is 8. The molecule has 0 radical (unpaired) electrons. The maximum atomic E-state index is 6.59. The van der Waals surface area contributed by atoms with Gasteiger partial charge < -0.3 is 14.4 Å². The molecule has 0 N–H and O–H groups in total. The van der Waals surface area contributed by atoms with Crippen molar-refractivity contribution in [2.45, 2.75) is 20.0 Å². The summed E-state index contributed by atoms with van der Waals surface area (Å²) in [6, 6.07) is 25.8. The number of fused-ring (bicyclic) bond motifs is 1. The van der Waals surface area contributed by atoms with E-state index in [1.165, 1.54) is 0 Å². The van der Waals surface area contributed by atoms with E-state index in [0.717, 1.165) is 33.5 Å². The number of aryl methyl sites for hydroxylation is 1. The molecule has 3 aromatic carbocycles. The van der Waals surface area contributed by atoms with Crippen LogP contribution in [0.25, 0.3) is 22.3 Å². The zero-order valence-electron chi connectivity index (χ0n) is 20.9. The summed E-state index contributed by atoms with van der Waals surface area (Å²) in [5, 5.41) is 1.32. The molecule has 0 spiro atoms. The number of benzene rings is 3. The summed E-state index contributed by atoms with van der Waals surface area (Å²) in [5.41, 5.74) is 3.68. The smallest absolute Gasteiger partial charge is 0.229 e. The number of nitrogens with zero attached hydrogens (tertiary/aromatic N) is 5. The number of aromatic nitrogens is 4. The standard InChI is InChI=1S/C29H26ClN5O2/c1-19-31-28(25-16-22-6-4-5-7-26(22)33-27(25)30)34-29(32-19)35(17-20-8-12-23(36-2)13-9-20)18-21-10-14-24(37-3)15-11-21/h4-16H,17-18H2,1-3H3. The van der Waals surface area contributed by atoms with Gasteiger partial charge in [0.25, 0.3) is 0 Å². The quantitative estimate of drug-likeness (QED) is 0.227. The molecule has 8 heteroatoms. The summed E-state index contributed by atoms with van der Waals surface area (Å²) in [7, 11) is 3.32. The summed E-state index contributed by atoms with van der Waals surface area (Å²) in [4.78, 5) is 20.8. The third kappa shape index (κ3) is 5.62. The van der Waals surface area contributed by atoms with Crippen molar-refractivity contribution < 1.29 is 9.47 Å². The van der Waals surface area contributed by atoms with Gasteiger partial charge >= 0.3 is 0 Å². The number of para-hydroxylation sites is 1. The summed E-state index contributed by atoms with van der Waals surface area (Å²) >= 11 is 6.59. The van der Waals surface area contributed by atoms with Gasteiger partial charge in [-0.05, 0) is 54.4 Å². The van der Waals surface area contributed by atoms with Gasteiger partial charge in [-0.1, -0.05) is 54.1 Å². The van der Waals surface area contributed by atoms with Gasteiger partial charge in [0.05, 0.1) is 25.3 Å². The van der Waals surface area contributed by atoms with Crippen LogP contribution >= 0.6 is 11.6 Å². The molecule has 0 saturated carbocycles. The van der Waals surface area contributed by atoms with Gasteiger partial charge in [0, 0.05) is 18.5 Å². The Morgan fingerprint density at radius 1 is 0.730 bits per heavy atom. The lowest BCUT2D eigenvalue weighted by atomic mass is 10.1. The number of pyridine rings is 1. The van der Waals surface area contributed by atoms with Crippen molar-refractivity contribution in [3.8, 4) is 22.9 Å². The van der Waals surface area contributed by atoms with E-state index >= 15 is 0 Å². The molecule has 0 aliphatic heterocycles. The van der Waals surface area contributed by atoms with Crippen LogP contribution in [0.4, 0.5) is 5.95 Å². The predicted octanol–water partition coefficient (Wildman–Crippen LogP) is 6.27. The molecule has 0 saturated heterocycles. The number of hydrogen-bond donors (Lipinski definition) is 0. The highest BCUT2D eigenvalue weighted by Crippen LogP contribution is 2.29. The molecule has 2 aromatic heterocycles.